The lowest BCUT2D eigenvalue weighted by Gasteiger charge is -2.07. The van der Waals surface area contributed by atoms with Crippen molar-refractivity contribution < 1.29 is 10.0 Å². The summed E-state index contributed by atoms with van der Waals surface area (Å²) in [5, 5.41) is 16.9. The predicted molar refractivity (Wildman–Crippen MR) is 47.5 cm³/mol. The molecule has 2 N–H and O–H groups in total. The van der Waals surface area contributed by atoms with Crippen LogP contribution in [0.3, 0.4) is 0 Å². The molecule has 0 radical (unpaired) electrons. The van der Waals surface area contributed by atoms with E-state index in [0.29, 0.717) is 6.32 Å². The maximum atomic E-state index is 8.47. The molecule has 0 atom stereocenters. The van der Waals surface area contributed by atoms with Gasteiger partial charge >= 0.3 is 7.12 Å². The lowest BCUT2D eigenvalue weighted by atomic mass is 9.87. The summed E-state index contributed by atoms with van der Waals surface area (Å²) >= 11 is 0. The van der Waals surface area contributed by atoms with Gasteiger partial charge in [0.15, 0.2) is 0 Å². The molecule has 0 amide bonds. The van der Waals surface area contributed by atoms with Gasteiger partial charge in [-0.3, -0.25) is 0 Å². The van der Waals surface area contributed by atoms with E-state index in [1.165, 1.54) is 0 Å². The third-order valence-corrected chi connectivity index (χ3v) is 2.20. The van der Waals surface area contributed by atoms with E-state index in [2.05, 4.69) is 25.3 Å². The highest BCUT2D eigenvalue weighted by molar-refractivity contribution is 6.81. The molecular formula is C6H15BO2Si. The average Bonchev–Trinajstić information content (AvgIpc) is 1.59. The molecule has 10 heavy (non-hydrogen) atoms. The number of rotatable bonds is 3. The van der Waals surface area contributed by atoms with E-state index in [1.807, 2.05) is 6.08 Å². The van der Waals surface area contributed by atoms with Crippen molar-refractivity contribution in [2.75, 3.05) is 0 Å². The molecule has 0 aromatic rings. The van der Waals surface area contributed by atoms with Crippen molar-refractivity contribution >= 4 is 15.2 Å². The standard InChI is InChI=1S/C6H15BO2Si/c1-10(2,3)6-4-5-7(8)9/h4,6,8-9H,5H2,1-3H3. The van der Waals surface area contributed by atoms with Gasteiger partial charge in [-0.05, 0) is 6.32 Å². The Morgan fingerprint density at radius 3 is 2.10 bits per heavy atom. The van der Waals surface area contributed by atoms with Crippen LogP contribution in [-0.2, 0) is 0 Å². The molecular weight excluding hydrogens is 143 g/mol. The van der Waals surface area contributed by atoms with Crippen molar-refractivity contribution in [3.05, 3.63) is 11.8 Å². The minimum absolute atomic E-state index is 0.351. The quantitative estimate of drug-likeness (QED) is 0.599. The fourth-order valence-electron chi connectivity index (χ4n) is 0.543. The first kappa shape index (κ1) is 9.94. The van der Waals surface area contributed by atoms with E-state index >= 15 is 0 Å². The fraction of sp³-hybridized carbons (Fsp3) is 0.667. The third-order valence-electron chi connectivity index (χ3n) is 0.965. The molecule has 0 rings (SSSR count). The smallest absolute Gasteiger partial charge is 0.427 e. The highest BCUT2D eigenvalue weighted by Crippen LogP contribution is 2.02. The summed E-state index contributed by atoms with van der Waals surface area (Å²) < 4.78 is 0. The number of hydrogen-bond donors (Lipinski definition) is 2. The van der Waals surface area contributed by atoms with Gasteiger partial charge in [0.1, 0.15) is 0 Å². The van der Waals surface area contributed by atoms with Gasteiger partial charge in [0, 0.05) is 0 Å². The summed E-state index contributed by atoms with van der Waals surface area (Å²) in [5.41, 5.74) is 2.10. The van der Waals surface area contributed by atoms with Crippen molar-refractivity contribution in [3.63, 3.8) is 0 Å². The first-order valence-electron chi connectivity index (χ1n) is 3.45. The van der Waals surface area contributed by atoms with Crippen molar-refractivity contribution in [1.29, 1.82) is 0 Å². The van der Waals surface area contributed by atoms with Gasteiger partial charge < -0.3 is 10.0 Å². The van der Waals surface area contributed by atoms with Gasteiger partial charge in [0.25, 0.3) is 0 Å². The van der Waals surface area contributed by atoms with Crippen LogP contribution in [0.2, 0.25) is 26.0 Å². The van der Waals surface area contributed by atoms with Gasteiger partial charge in [-0.15, -0.1) is 0 Å². The van der Waals surface area contributed by atoms with Crippen LogP contribution in [0.1, 0.15) is 0 Å². The van der Waals surface area contributed by atoms with E-state index in [0.717, 1.165) is 0 Å². The van der Waals surface area contributed by atoms with Gasteiger partial charge in [0.2, 0.25) is 0 Å². The minimum Gasteiger partial charge on any atom is -0.427 e. The molecule has 2 nitrogen and oxygen atoms in total. The van der Waals surface area contributed by atoms with Crippen LogP contribution in [-0.4, -0.2) is 25.2 Å². The Hall–Kier alpha value is -0.0582. The van der Waals surface area contributed by atoms with E-state index in [-0.39, 0.29) is 0 Å². The van der Waals surface area contributed by atoms with Gasteiger partial charge in [-0.2, -0.15) is 0 Å². The van der Waals surface area contributed by atoms with Crippen LogP contribution in [0.5, 0.6) is 0 Å². The van der Waals surface area contributed by atoms with Crippen molar-refractivity contribution in [1.82, 2.24) is 0 Å². The molecule has 0 saturated carbocycles. The summed E-state index contributed by atoms with van der Waals surface area (Å²) in [4.78, 5) is 0. The van der Waals surface area contributed by atoms with Crippen LogP contribution in [0.25, 0.3) is 0 Å². The highest BCUT2D eigenvalue weighted by atomic mass is 28.3. The predicted octanol–water partition coefficient (Wildman–Crippen LogP) is 0.893. The third kappa shape index (κ3) is 7.94. The monoisotopic (exact) mass is 158 g/mol. The van der Waals surface area contributed by atoms with Gasteiger partial charge in [-0.25, -0.2) is 0 Å². The largest absolute Gasteiger partial charge is 0.455 e. The van der Waals surface area contributed by atoms with Crippen molar-refractivity contribution in [2.24, 2.45) is 0 Å². The molecule has 0 saturated heterocycles. The van der Waals surface area contributed by atoms with Crippen LogP contribution >= 0.6 is 0 Å². The zero-order chi connectivity index (χ0) is 8.20. The van der Waals surface area contributed by atoms with Crippen LogP contribution in [0, 0.1) is 0 Å². The summed E-state index contributed by atoms with van der Waals surface area (Å²) in [7, 11) is -2.31. The Balaban J connectivity index is 3.57. The summed E-state index contributed by atoms with van der Waals surface area (Å²) in [6.07, 6.45) is 2.20. The molecule has 0 aliphatic rings. The Labute approximate surface area is 63.7 Å². The van der Waals surface area contributed by atoms with E-state index in [4.69, 9.17) is 10.0 Å². The summed E-state index contributed by atoms with van der Waals surface area (Å²) in [6.45, 7) is 6.60. The molecule has 0 unspecified atom stereocenters. The van der Waals surface area contributed by atoms with Crippen LogP contribution in [0.15, 0.2) is 11.8 Å². The van der Waals surface area contributed by atoms with Gasteiger partial charge in [-0.1, -0.05) is 31.4 Å². The topological polar surface area (TPSA) is 40.5 Å². The maximum absolute atomic E-state index is 8.47. The second-order valence-electron chi connectivity index (χ2n) is 3.48. The van der Waals surface area contributed by atoms with Crippen LogP contribution < -0.4 is 0 Å². The molecule has 4 heteroatoms. The first-order chi connectivity index (χ1) is 4.42. The molecule has 0 aliphatic heterocycles. The van der Waals surface area contributed by atoms with E-state index in [1.54, 1.807) is 0 Å². The second-order valence-corrected chi connectivity index (χ2v) is 8.55. The number of allylic oxidation sites excluding steroid dienone is 1. The second kappa shape index (κ2) is 3.95. The Kier molecular flexibility index (Phi) is 3.93. The highest BCUT2D eigenvalue weighted by Gasteiger charge is 2.08. The molecule has 0 aromatic carbocycles. The molecule has 0 heterocycles. The SMILES string of the molecule is C[Si](C)(C)C=CCB(O)O. The maximum Gasteiger partial charge on any atom is 0.455 e. The Bertz CT molecular complexity index is 117. The lowest BCUT2D eigenvalue weighted by Crippen LogP contribution is -2.16. The fourth-order valence-corrected chi connectivity index (χ4v) is 1.39. The Morgan fingerprint density at radius 1 is 1.30 bits per heavy atom. The number of hydrogen-bond acceptors (Lipinski definition) is 2. The molecule has 58 valence electrons. The van der Waals surface area contributed by atoms with Crippen LogP contribution in [0.4, 0.5) is 0 Å². The summed E-state index contributed by atoms with van der Waals surface area (Å²) in [6, 6.07) is 0. The average molecular weight is 158 g/mol. The zero-order valence-corrected chi connectivity index (χ0v) is 7.83. The molecule has 0 bridgehead atoms. The Morgan fingerprint density at radius 2 is 1.80 bits per heavy atom. The molecule has 0 aromatic heterocycles. The normalized spacial score (nSPS) is 12.5. The molecule has 0 fully saturated rings. The van der Waals surface area contributed by atoms with Gasteiger partial charge in [0.05, 0.1) is 8.07 Å². The van der Waals surface area contributed by atoms with E-state index in [9.17, 15) is 0 Å². The van der Waals surface area contributed by atoms with Crippen molar-refractivity contribution in [2.45, 2.75) is 26.0 Å². The summed E-state index contributed by atoms with van der Waals surface area (Å²) in [5.74, 6) is 0. The lowest BCUT2D eigenvalue weighted by molar-refractivity contribution is 0.411. The first-order valence-corrected chi connectivity index (χ1v) is 7.03. The van der Waals surface area contributed by atoms with Crippen molar-refractivity contribution in [3.8, 4) is 0 Å². The minimum atomic E-state index is -1.19. The zero-order valence-electron chi connectivity index (χ0n) is 6.83. The van der Waals surface area contributed by atoms with E-state index < -0.39 is 15.2 Å². The molecule has 0 spiro atoms. The molecule has 0 aliphatic carbocycles.